The quantitative estimate of drug-likeness (QED) is 0.414. The monoisotopic (exact) mass is 268 g/mol. The van der Waals surface area contributed by atoms with E-state index in [1.807, 2.05) is 18.2 Å². The molecule has 0 aromatic heterocycles. The Kier molecular flexibility index (Phi) is 12.6. The zero-order valence-electron chi connectivity index (χ0n) is 12.1. The lowest BCUT2D eigenvalue weighted by atomic mass is 10.1. The highest BCUT2D eigenvalue weighted by molar-refractivity contribution is 5.66. The van der Waals surface area contributed by atoms with Gasteiger partial charge in [-0.15, -0.1) is 0 Å². The second kappa shape index (κ2) is 13.3. The van der Waals surface area contributed by atoms with Gasteiger partial charge in [0.2, 0.25) is 0 Å². The van der Waals surface area contributed by atoms with E-state index in [9.17, 15) is 9.90 Å². The van der Waals surface area contributed by atoms with Crippen LogP contribution in [-0.4, -0.2) is 22.3 Å². The van der Waals surface area contributed by atoms with E-state index in [1.54, 1.807) is 0 Å². The van der Waals surface area contributed by atoms with Gasteiger partial charge in [-0.25, -0.2) is 0 Å². The van der Waals surface area contributed by atoms with Crippen LogP contribution in [-0.2, 0) is 4.79 Å². The van der Waals surface area contributed by atoms with Crippen LogP contribution in [0.1, 0.15) is 64.7 Å². The van der Waals surface area contributed by atoms with Crippen molar-refractivity contribution in [1.29, 1.82) is 0 Å². The summed E-state index contributed by atoms with van der Waals surface area (Å²) in [5.74, 6) is -0.712. The summed E-state index contributed by atoms with van der Waals surface area (Å²) in [6.45, 7) is 2.15. The molecule has 0 saturated heterocycles. The molecule has 0 amide bonds. The fourth-order valence-electron chi connectivity index (χ4n) is 1.78. The van der Waals surface area contributed by atoms with E-state index in [2.05, 4.69) is 13.0 Å². The molecule has 0 radical (unpaired) electrons. The number of aliphatic hydroxyl groups excluding tert-OH is 1. The van der Waals surface area contributed by atoms with E-state index in [0.29, 0.717) is 0 Å². The van der Waals surface area contributed by atoms with Crippen LogP contribution in [0.15, 0.2) is 24.3 Å². The van der Waals surface area contributed by atoms with Gasteiger partial charge in [-0.2, -0.15) is 0 Å². The average molecular weight is 268 g/mol. The number of aliphatic hydroxyl groups is 1. The molecular weight excluding hydrogens is 240 g/mol. The van der Waals surface area contributed by atoms with Crippen LogP contribution >= 0.6 is 0 Å². The lowest BCUT2D eigenvalue weighted by Crippen LogP contribution is -2.00. The topological polar surface area (TPSA) is 57.5 Å². The molecule has 0 aliphatic heterocycles. The van der Waals surface area contributed by atoms with Crippen LogP contribution in [0.5, 0.6) is 0 Å². The fourth-order valence-corrected chi connectivity index (χ4v) is 1.78. The Bertz CT molecular complexity index is 269. The molecule has 3 nitrogen and oxygen atoms in total. The zero-order valence-corrected chi connectivity index (χ0v) is 12.1. The van der Waals surface area contributed by atoms with Gasteiger partial charge in [0.15, 0.2) is 0 Å². The maximum absolute atomic E-state index is 10.3. The van der Waals surface area contributed by atoms with E-state index >= 15 is 0 Å². The molecular formula is C16H28O3. The molecule has 0 aromatic carbocycles. The van der Waals surface area contributed by atoms with Crippen molar-refractivity contribution >= 4 is 5.97 Å². The van der Waals surface area contributed by atoms with Crippen molar-refractivity contribution in [2.45, 2.75) is 70.8 Å². The third-order valence-corrected chi connectivity index (χ3v) is 2.95. The third kappa shape index (κ3) is 14.9. The minimum absolute atomic E-state index is 0.271. The highest BCUT2D eigenvalue weighted by Crippen LogP contribution is 2.05. The molecule has 0 spiro atoms. The second-order valence-corrected chi connectivity index (χ2v) is 4.87. The van der Waals surface area contributed by atoms with Gasteiger partial charge in [-0.1, -0.05) is 56.9 Å². The lowest BCUT2D eigenvalue weighted by molar-refractivity contribution is -0.137. The Hall–Kier alpha value is -1.09. The summed E-state index contributed by atoms with van der Waals surface area (Å²) in [5.41, 5.74) is 0. The number of carboxylic acid groups (broad SMARTS) is 1. The molecule has 3 heteroatoms. The SMILES string of the molecule is CCCCC[C@@H](O)/C=C/C=C\CCCCCC(=O)O. The van der Waals surface area contributed by atoms with E-state index in [-0.39, 0.29) is 12.5 Å². The first kappa shape index (κ1) is 17.9. The first-order valence-corrected chi connectivity index (χ1v) is 7.40. The fraction of sp³-hybridized carbons (Fsp3) is 0.688. The molecule has 0 aliphatic carbocycles. The van der Waals surface area contributed by atoms with Crippen molar-refractivity contribution in [3.63, 3.8) is 0 Å². The van der Waals surface area contributed by atoms with Gasteiger partial charge < -0.3 is 10.2 Å². The number of hydrogen-bond acceptors (Lipinski definition) is 2. The Morgan fingerprint density at radius 2 is 1.89 bits per heavy atom. The summed E-state index contributed by atoms with van der Waals surface area (Å²) in [6, 6.07) is 0. The molecule has 0 rings (SSSR count). The smallest absolute Gasteiger partial charge is 0.303 e. The molecule has 0 unspecified atom stereocenters. The van der Waals surface area contributed by atoms with Crippen molar-refractivity contribution in [2.24, 2.45) is 0 Å². The van der Waals surface area contributed by atoms with Crippen LogP contribution in [0.3, 0.4) is 0 Å². The van der Waals surface area contributed by atoms with E-state index < -0.39 is 5.97 Å². The van der Waals surface area contributed by atoms with E-state index in [0.717, 1.165) is 38.5 Å². The summed E-state index contributed by atoms with van der Waals surface area (Å²) in [4.78, 5) is 10.3. The van der Waals surface area contributed by atoms with E-state index in [4.69, 9.17) is 5.11 Å². The van der Waals surface area contributed by atoms with Crippen molar-refractivity contribution in [2.75, 3.05) is 0 Å². The normalized spacial score (nSPS) is 13.4. The minimum Gasteiger partial charge on any atom is -0.481 e. The van der Waals surface area contributed by atoms with Crippen LogP contribution in [0.25, 0.3) is 0 Å². The standard InChI is InChI=1S/C16H28O3/c1-2-3-9-12-15(17)13-10-7-5-4-6-8-11-14-16(18)19/h5,7,10,13,15,17H,2-4,6,8-9,11-12,14H2,1H3,(H,18,19)/b7-5-,13-10+/t15-/m1/s1. The number of aliphatic carboxylic acids is 1. The second-order valence-electron chi connectivity index (χ2n) is 4.87. The molecule has 0 aliphatic rings. The Morgan fingerprint density at radius 3 is 2.58 bits per heavy atom. The predicted molar refractivity (Wildman–Crippen MR) is 79.1 cm³/mol. The molecule has 0 fully saturated rings. The third-order valence-electron chi connectivity index (χ3n) is 2.95. The van der Waals surface area contributed by atoms with Gasteiger partial charge in [0, 0.05) is 6.42 Å². The Morgan fingerprint density at radius 1 is 1.11 bits per heavy atom. The van der Waals surface area contributed by atoms with Crippen molar-refractivity contribution in [3.05, 3.63) is 24.3 Å². The average Bonchev–Trinajstić information content (AvgIpc) is 2.36. The highest BCUT2D eigenvalue weighted by Gasteiger charge is 1.97. The summed E-state index contributed by atoms with van der Waals surface area (Å²) in [5, 5.41) is 18.1. The lowest BCUT2D eigenvalue weighted by Gasteiger charge is -2.03. The molecule has 0 saturated carbocycles. The molecule has 2 N–H and O–H groups in total. The van der Waals surface area contributed by atoms with Crippen molar-refractivity contribution < 1.29 is 15.0 Å². The molecule has 0 aromatic rings. The molecule has 0 heterocycles. The van der Waals surface area contributed by atoms with Crippen LogP contribution in [0.2, 0.25) is 0 Å². The summed E-state index contributed by atoms with van der Waals surface area (Å²) < 4.78 is 0. The van der Waals surface area contributed by atoms with Crippen molar-refractivity contribution in [3.8, 4) is 0 Å². The largest absolute Gasteiger partial charge is 0.481 e. The summed E-state index contributed by atoms with van der Waals surface area (Å²) in [7, 11) is 0. The minimum atomic E-state index is -0.712. The van der Waals surface area contributed by atoms with Gasteiger partial charge in [-0.05, 0) is 25.7 Å². The molecule has 1 atom stereocenters. The Labute approximate surface area is 117 Å². The predicted octanol–water partition coefficient (Wildman–Crippen LogP) is 4.08. The summed E-state index contributed by atoms with van der Waals surface area (Å²) in [6.07, 6.45) is 15.7. The highest BCUT2D eigenvalue weighted by atomic mass is 16.4. The Balaban J connectivity index is 3.43. The zero-order chi connectivity index (χ0) is 14.3. The maximum Gasteiger partial charge on any atom is 0.303 e. The summed E-state index contributed by atoms with van der Waals surface area (Å²) >= 11 is 0. The van der Waals surface area contributed by atoms with Gasteiger partial charge >= 0.3 is 5.97 Å². The number of carboxylic acids is 1. The van der Waals surface area contributed by atoms with Crippen LogP contribution in [0, 0.1) is 0 Å². The first-order chi connectivity index (χ1) is 9.16. The number of unbranched alkanes of at least 4 members (excludes halogenated alkanes) is 5. The van der Waals surface area contributed by atoms with Gasteiger partial charge in [-0.3, -0.25) is 4.79 Å². The van der Waals surface area contributed by atoms with Crippen molar-refractivity contribution in [1.82, 2.24) is 0 Å². The molecule has 110 valence electrons. The van der Waals surface area contributed by atoms with Gasteiger partial charge in [0.05, 0.1) is 6.10 Å². The first-order valence-electron chi connectivity index (χ1n) is 7.40. The molecule has 0 bridgehead atoms. The number of rotatable bonds is 12. The van der Waals surface area contributed by atoms with Crippen LogP contribution in [0.4, 0.5) is 0 Å². The van der Waals surface area contributed by atoms with E-state index in [1.165, 1.54) is 12.8 Å². The van der Waals surface area contributed by atoms with Gasteiger partial charge in [0.25, 0.3) is 0 Å². The number of hydrogen-bond donors (Lipinski definition) is 2. The maximum atomic E-state index is 10.3. The molecule has 19 heavy (non-hydrogen) atoms. The van der Waals surface area contributed by atoms with Crippen LogP contribution < -0.4 is 0 Å². The number of allylic oxidation sites excluding steroid dienone is 3. The van der Waals surface area contributed by atoms with Gasteiger partial charge in [0.1, 0.15) is 0 Å². The number of carbonyl (C=O) groups is 1.